The van der Waals surface area contributed by atoms with Gasteiger partial charge in [0.2, 0.25) is 0 Å². The second-order valence-electron chi connectivity index (χ2n) is 7.16. The molecule has 4 heteroatoms. The number of carbonyl (C=O) groups excluding carboxylic acids is 1. The molecule has 3 nitrogen and oxygen atoms in total. The highest BCUT2D eigenvalue weighted by Gasteiger charge is 2.16. The number of nitrogens with one attached hydrogen (secondary N) is 1. The summed E-state index contributed by atoms with van der Waals surface area (Å²) in [6.45, 7) is 0.519. The molecule has 0 radical (unpaired) electrons. The smallest absolute Gasteiger partial charge is 0.261 e. The molecule has 1 saturated carbocycles. The van der Waals surface area contributed by atoms with Gasteiger partial charge in [-0.3, -0.25) is 9.78 Å². The molecule has 138 valence electrons. The molecule has 0 unspecified atom stereocenters. The third-order valence-electron chi connectivity index (χ3n) is 5.30. The molecule has 3 aromatic rings. The van der Waals surface area contributed by atoms with Crippen molar-refractivity contribution in [3.63, 3.8) is 0 Å². The molecule has 0 saturated heterocycles. The van der Waals surface area contributed by atoms with E-state index < -0.39 is 0 Å². The number of amides is 1. The predicted octanol–water partition coefficient (Wildman–Crippen LogP) is 5.79. The summed E-state index contributed by atoms with van der Waals surface area (Å²) in [5.41, 5.74) is 3.70. The Labute approximate surface area is 164 Å². The highest BCUT2D eigenvalue weighted by Crippen LogP contribution is 2.34. The number of rotatable bonds is 5. The fourth-order valence-corrected chi connectivity index (χ4v) is 4.67. The molecule has 27 heavy (non-hydrogen) atoms. The number of benzene rings is 1. The van der Waals surface area contributed by atoms with Gasteiger partial charge in [0.1, 0.15) is 0 Å². The molecule has 1 aliphatic rings. The molecule has 0 aliphatic heterocycles. The summed E-state index contributed by atoms with van der Waals surface area (Å²) in [5.74, 6) is 0.701. The summed E-state index contributed by atoms with van der Waals surface area (Å²) in [6.07, 6.45) is 10.2. The molecule has 2 heterocycles. The van der Waals surface area contributed by atoms with Crippen LogP contribution in [0.15, 0.2) is 60.9 Å². The molecule has 1 aromatic carbocycles. The van der Waals surface area contributed by atoms with Crippen LogP contribution in [0.5, 0.6) is 0 Å². The molecule has 1 fully saturated rings. The monoisotopic (exact) mass is 376 g/mol. The Kier molecular flexibility index (Phi) is 5.64. The largest absolute Gasteiger partial charge is 0.347 e. The van der Waals surface area contributed by atoms with Crippen LogP contribution in [0.1, 0.15) is 58.8 Å². The molecular weight excluding hydrogens is 352 g/mol. The normalized spacial score (nSPS) is 14.8. The van der Waals surface area contributed by atoms with Crippen molar-refractivity contribution >= 4 is 17.2 Å². The van der Waals surface area contributed by atoms with Crippen molar-refractivity contribution in [3.05, 3.63) is 76.9 Å². The maximum absolute atomic E-state index is 12.4. The zero-order chi connectivity index (χ0) is 18.5. The van der Waals surface area contributed by atoms with Crippen LogP contribution in [0, 0.1) is 0 Å². The standard InChI is InChI=1S/C23H24N2OS/c26-23(25-16-17-12-14-24-15-13-17)22-11-10-21(27-22)20-8-6-19(7-9-20)18-4-2-1-3-5-18/h6-15,18H,1-5,16H2,(H,25,26). The van der Waals surface area contributed by atoms with Gasteiger partial charge in [0.05, 0.1) is 4.88 Å². The Morgan fingerprint density at radius 1 is 0.963 bits per heavy atom. The Bertz CT molecular complexity index is 880. The number of nitrogens with zero attached hydrogens (tertiary/aromatic N) is 1. The highest BCUT2D eigenvalue weighted by atomic mass is 32.1. The van der Waals surface area contributed by atoms with Gasteiger partial charge in [-0.1, -0.05) is 43.5 Å². The van der Waals surface area contributed by atoms with Crippen LogP contribution in [0.25, 0.3) is 10.4 Å². The van der Waals surface area contributed by atoms with Crippen molar-refractivity contribution in [2.75, 3.05) is 0 Å². The number of hydrogen-bond donors (Lipinski definition) is 1. The molecular formula is C23H24N2OS. The van der Waals surface area contributed by atoms with E-state index in [-0.39, 0.29) is 5.91 Å². The number of thiophene rings is 1. The topological polar surface area (TPSA) is 42.0 Å². The van der Waals surface area contributed by atoms with Crippen LogP contribution in [-0.2, 0) is 6.54 Å². The van der Waals surface area contributed by atoms with Crippen molar-refractivity contribution in [2.24, 2.45) is 0 Å². The van der Waals surface area contributed by atoms with E-state index in [9.17, 15) is 4.79 Å². The summed E-state index contributed by atoms with van der Waals surface area (Å²) in [4.78, 5) is 18.3. The first kappa shape index (κ1) is 17.9. The van der Waals surface area contributed by atoms with E-state index in [1.54, 1.807) is 23.7 Å². The van der Waals surface area contributed by atoms with Crippen molar-refractivity contribution in [2.45, 2.75) is 44.6 Å². The zero-order valence-corrected chi connectivity index (χ0v) is 16.2. The lowest BCUT2D eigenvalue weighted by Gasteiger charge is -2.22. The van der Waals surface area contributed by atoms with Gasteiger partial charge in [0, 0.05) is 23.8 Å². The second-order valence-corrected chi connectivity index (χ2v) is 8.24. The fourth-order valence-electron chi connectivity index (χ4n) is 3.74. The average molecular weight is 377 g/mol. The summed E-state index contributed by atoms with van der Waals surface area (Å²) >= 11 is 1.55. The fraction of sp³-hybridized carbons (Fsp3) is 0.304. The average Bonchev–Trinajstić information content (AvgIpc) is 3.24. The summed E-state index contributed by atoms with van der Waals surface area (Å²) in [7, 11) is 0. The third kappa shape index (κ3) is 4.45. The van der Waals surface area contributed by atoms with Gasteiger partial charge in [0.15, 0.2) is 0 Å². The maximum Gasteiger partial charge on any atom is 0.261 e. The predicted molar refractivity (Wildman–Crippen MR) is 111 cm³/mol. The quantitative estimate of drug-likeness (QED) is 0.612. The van der Waals surface area contributed by atoms with Crippen LogP contribution >= 0.6 is 11.3 Å². The lowest BCUT2D eigenvalue weighted by molar-refractivity contribution is 0.0955. The Morgan fingerprint density at radius 3 is 2.44 bits per heavy atom. The molecule has 0 atom stereocenters. The van der Waals surface area contributed by atoms with E-state index in [0.717, 1.165) is 21.2 Å². The van der Waals surface area contributed by atoms with Crippen LogP contribution < -0.4 is 5.32 Å². The Balaban J connectivity index is 1.40. The molecule has 1 aliphatic carbocycles. The van der Waals surface area contributed by atoms with Gasteiger partial charge in [-0.2, -0.15) is 0 Å². The summed E-state index contributed by atoms with van der Waals surface area (Å²) in [6, 6.07) is 16.7. The molecule has 0 bridgehead atoms. The first-order valence-corrected chi connectivity index (χ1v) is 10.5. The first-order valence-electron chi connectivity index (χ1n) is 9.67. The van der Waals surface area contributed by atoms with Gasteiger partial charge < -0.3 is 5.32 Å². The third-order valence-corrected chi connectivity index (χ3v) is 6.44. The van der Waals surface area contributed by atoms with Crippen molar-refractivity contribution in [1.29, 1.82) is 0 Å². The number of carbonyl (C=O) groups is 1. The Hall–Kier alpha value is -2.46. The van der Waals surface area contributed by atoms with Gasteiger partial charge in [0.25, 0.3) is 5.91 Å². The van der Waals surface area contributed by atoms with E-state index in [4.69, 9.17) is 0 Å². The van der Waals surface area contributed by atoms with Crippen molar-refractivity contribution in [3.8, 4) is 10.4 Å². The SMILES string of the molecule is O=C(NCc1ccncc1)c1ccc(-c2ccc(C3CCCCC3)cc2)s1. The molecule has 2 aromatic heterocycles. The van der Waals surface area contributed by atoms with Crippen molar-refractivity contribution < 1.29 is 4.79 Å². The summed E-state index contributed by atoms with van der Waals surface area (Å²) < 4.78 is 0. The zero-order valence-electron chi connectivity index (χ0n) is 15.4. The molecule has 1 amide bonds. The molecule has 4 rings (SSSR count). The van der Waals surface area contributed by atoms with Gasteiger partial charge in [-0.25, -0.2) is 0 Å². The van der Waals surface area contributed by atoms with Gasteiger partial charge >= 0.3 is 0 Å². The van der Waals surface area contributed by atoms with E-state index >= 15 is 0 Å². The van der Waals surface area contributed by atoms with Gasteiger partial charge in [-0.15, -0.1) is 11.3 Å². The summed E-state index contributed by atoms with van der Waals surface area (Å²) in [5, 5.41) is 2.98. The first-order chi connectivity index (χ1) is 13.3. The number of hydrogen-bond acceptors (Lipinski definition) is 3. The Morgan fingerprint density at radius 2 is 1.70 bits per heavy atom. The van der Waals surface area contributed by atoms with E-state index in [2.05, 4.69) is 34.6 Å². The van der Waals surface area contributed by atoms with Crippen LogP contribution in [0.4, 0.5) is 0 Å². The van der Waals surface area contributed by atoms with Crippen molar-refractivity contribution in [1.82, 2.24) is 10.3 Å². The number of pyridine rings is 1. The second kappa shape index (κ2) is 8.49. The minimum Gasteiger partial charge on any atom is -0.347 e. The number of aromatic nitrogens is 1. The lowest BCUT2D eigenvalue weighted by Crippen LogP contribution is -2.21. The lowest BCUT2D eigenvalue weighted by atomic mass is 9.84. The van der Waals surface area contributed by atoms with Crippen LogP contribution in [-0.4, -0.2) is 10.9 Å². The van der Waals surface area contributed by atoms with Crippen LogP contribution in [0.2, 0.25) is 0 Å². The maximum atomic E-state index is 12.4. The minimum atomic E-state index is -0.0260. The van der Waals surface area contributed by atoms with E-state index in [0.29, 0.717) is 6.54 Å². The molecule has 1 N–H and O–H groups in total. The van der Waals surface area contributed by atoms with E-state index in [1.165, 1.54) is 43.2 Å². The highest BCUT2D eigenvalue weighted by molar-refractivity contribution is 7.17. The molecule has 0 spiro atoms. The van der Waals surface area contributed by atoms with Crippen LogP contribution in [0.3, 0.4) is 0 Å². The van der Waals surface area contributed by atoms with Gasteiger partial charge in [-0.05, 0) is 59.7 Å². The minimum absolute atomic E-state index is 0.0260. The van der Waals surface area contributed by atoms with E-state index in [1.807, 2.05) is 24.3 Å².